The van der Waals surface area contributed by atoms with Gasteiger partial charge in [0, 0.05) is 13.2 Å². The fourth-order valence-corrected chi connectivity index (χ4v) is 2.56. The Morgan fingerprint density at radius 1 is 0.950 bits per heavy atom. The summed E-state index contributed by atoms with van der Waals surface area (Å²) in [5.41, 5.74) is 0. The van der Waals surface area contributed by atoms with Crippen molar-refractivity contribution >= 4 is 0 Å². The molecule has 2 heterocycles. The van der Waals surface area contributed by atoms with Gasteiger partial charge in [-0.15, -0.1) is 0 Å². The van der Waals surface area contributed by atoms with E-state index in [4.69, 9.17) is 18.9 Å². The molecule has 0 amide bonds. The Balaban J connectivity index is 1.59. The van der Waals surface area contributed by atoms with E-state index in [1.54, 1.807) is 0 Å². The van der Waals surface area contributed by atoms with E-state index in [-0.39, 0.29) is 0 Å². The third-order valence-electron chi connectivity index (χ3n) is 4.06. The monoisotopic (exact) mass is 286 g/mol. The lowest BCUT2D eigenvalue weighted by Gasteiger charge is -2.22. The van der Waals surface area contributed by atoms with Crippen molar-refractivity contribution in [1.82, 2.24) is 0 Å². The Kier molecular flexibility index (Phi) is 7.28. The molecule has 0 aromatic rings. The van der Waals surface area contributed by atoms with Crippen molar-refractivity contribution in [2.45, 2.75) is 51.7 Å². The Labute approximate surface area is 123 Å². The van der Waals surface area contributed by atoms with Crippen LogP contribution in [0.2, 0.25) is 0 Å². The highest BCUT2D eigenvalue weighted by Gasteiger charge is 2.24. The van der Waals surface area contributed by atoms with Crippen LogP contribution in [0.5, 0.6) is 0 Å². The predicted molar refractivity (Wildman–Crippen MR) is 77.9 cm³/mol. The number of ether oxygens (including phenoxy) is 4. The molecule has 20 heavy (non-hydrogen) atoms. The van der Waals surface area contributed by atoms with Crippen molar-refractivity contribution in [2.24, 2.45) is 11.8 Å². The Morgan fingerprint density at radius 3 is 1.95 bits per heavy atom. The molecule has 2 aliphatic rings. The minimum absolute atomic E-state index is 0.376. The molecule has 4 unspecified atom stereocenters. The Bertz CT molecular complexity index is 251. The van der Waals surface area contributed by atoms with Gasteiger partial charge in [-0.25, -0.2) is 0 Å². The predicted octanol–water partition coefficient (Wildman–Crippen LogP) is 2.65. The number of hydrogen-bond donors (Lipinski definition) is 0. The summed E-state index contributed by atoms with van der Waals surface area (Å²) in [5, 5.41) is 0. The van der Waals surface area contributed by atoms with Gasteiger partial charge >= 0.3 is 0 Å². The summed E-state index contributed by atoms with van der Waals surface area (Å²) in [6, 6.07) is 0. The van der Waals surface area contributed by atoms with E-state index in [0.29, 0.717) is 24.0 Å². The number of rotatable bonds is 13. The first-order valence-corrected chi connectivity index (χ1v) is 8.20. The first-order chi connectivity index (χ1) is 9.81. The molecule has 2 fully saturated rings. The molecule has 2 saturated heterocycles. The fraction of sp³-hybridized carbons (Fsp3) is 1.00. The van der Waals surface area contributed by atoms with E-state index in [1.807, 2.05) is 0 Å². The maximum Gasteiger partial charge on any atom is 0.104 e. The molecule has 4 nitrogen and oxygen atoms in total. The molecular weight excluding hydrogens is 256 g/mol. The van der Waals surface area contributed by atoms with Crippen molar-refractivity contribution in [3.8, 4) is 0 Å². The van der Waals surface area contributed by atoms with Crippen LogP contribution in [0.25, 0.3) is 0 Å². The van der Waals surface area contributed by atoms with Crippen molar-refractivity contribution in [3.63, 3.8) is 0 Å². The fourth-order valence-electron chi connectivity index (χ4n) is 2.56. The second-order valence-electron chi connectivity index (χ2n) is 6.15. The average molecular weight is 286 g/mol. The maximum absolute atomic E-state index is 5.78. The smallest absolute Gasteiger partial charge is 0.104 e. The van der Waals surface area contributed by atoms with Gasteiger partial charge in [-0.2, -0.15) is 0 Å². The quantitative estimate of drug-likeness (QED) is 0.488. The summed E-state index contributed by atoms with van der Waals surface area (Å²) in [6.07, 6.45) is 5.61. The zero-order chi connectivity index (χ0) is 14.2. The first kappa shape index (κ1) is 16.2. The van der Waals surface area contributed by atoms with E-state index in [9.17, 15) is 0 Å². The summed E-state index contributed by atoms with van der Waals surface area (Å²) < 4.78 is 21.9. The van der Waals surface area contributed by atoms with Gasteiger partial charge in [0.2, 0.25) is 0 Å². The lowest BCUT2D eigenvalue weighted by atomic mass is 9.90. The van der Waals surface area contributed by atoms with Gasteiger partial charge in [-0.05, 0) is 24.7 Å². The second kappa shape index (κ2) is 8.98. The molecule has 0 N–H and O–H groups in total. The highest BCUT2D eigenvalue weighted by molar-refractivity contribution is 4.71. The molecule has 0 radical (unpaired) electrons. The van der Waals surface area contributed by atoms with Crippen LogP contribution < -0.4 is 0 Å². The lowest BCUT2D eigenvalue weighted by Crippen LogP contribution is -2.20. The van der Waals surface area contributed by atoms with E-state index in [0.717, 1.165) is 39.6 Å². The summed E-state index contributed by atoms with van der Waals surface area (Å²) in [7, 11) is 0. The number of hydrogen-bond acceptors (Lipinski definition) is 4. The van der Waals surface area contributed by atoms with Crippen molar-refractivity contribution < 1.29 is 18.9 Å². The van der Waals surface area contributed by atoms with Crippen molar-refractivity contribution in [2.75, 3.05) is 39.6 Å². The Hall–Kier alpha value is -0.160. The summed E-state index contributed by atoms with van der Waals surface area (Å²) in [5.74, 6) is 1.30. The lowest BCUT2D eigenvalue weighted by molar-refractivity contribution is 0.0496. The number of epoxide rings is 2. The minimum Gasteiger partial charge on any atom is -0.378 e. The van der Waals surface area contributed by atoms with Gasteiger partial charge in [0.05, 0.1) is 26.4 Å². The zero-order valence-corrected chi connectivity index (χ0v) is 13.0. The standard InChI is InChI=1S/C16H30O4/c1-3-5-14(8-18-10-16-12-20-16)6-13(4-2)7-17-9-15-11-19-15/h13-16H,3-12H2,1-2H3. The largest absolute Gasteiger partial charge is 0.378 e. The SMILES string of the molecule is CCCC(COCC1CO1)CC(CC)COCC1CO1. The molecule has 0 aromatic carbocycles. The summed E-state index contributed by atoms with van der Waals surface area (Å²) in [6.45, 7) is 9.54. The summed E-state index contributed by atoms with van der Waals surface area (Å²) >= 11 is 0. The van der Waals surface area contributed by atoms with Crippen LogP contribution in [-0.4, -0.2) is 51.8 Å². The highest BCUT2D eigenvalue weighted by atomic mass is 16.6. The average Bonchev–Trinajstić information content (AvgIpc) is 3.32. The van der Waals surface area contributed by atoms with Crippen LogP contribution >= 0.6 is 0 Å². The normalized spacial score (nSPS) is 27.3. The van der Waals surface area contributed by atoms with Crippen LogP contribution in [0, 0.1) is 11.8 Å². The topological polar surface area (TPSA) is 43.5 Å². The minimum atomic E-state index is 0.376. The van der Waals surface area contributed by atoms with Crippen LogP contribution in [0.15, 0.2) is 0 Å². The summed E-state index contributed by atoms with van der Waals surface area (Å²) in [4.78, 5) is 0. The molecule has 2 aliphatic heterocycles. The second-order valence-corrected chi connectivity index (χ2v) is 6.15. The molecule has 0 saturated carbocycles. The van der Waals surface area contributed by atoms with E-state index in [2.05, 4.69) is 13.8 Å². The molecule has 0 aromatic heterocycles. The zero-order valence-electron chi connectivity index (χ0n) is 13.0. The van der Waals surface area contributed by atoms with Crippen LogP contribution in [0.1, 0.15) is 39.5 Å². The van der Waals surface area contributed by atoms with Gasteiger partial charge in [0.25, 0.3) is 0 Å². The van der Waals surface area contributed by atoms with E-state index < -0.39 is 0 Å². The van der Waals surface area contributed by atoms with Gasteiger partial charge in [0.1, 0.15) is 12.2 Å². The van der Waals surface area contributed by atoms with Gasteiger partial charge < -0.3 is 18.9 Å². The van der Waals surface area contributed by atoms with E-state index >= 15 is 0 Å². The molecule has 4 atom stereocenters. The third kappa shape index (κ3) is 7.02. The maximum atomic E-state index is 5.78. The van der Waals surface area contributed by atoms with Crippen molar-refractivity contribution in [3.05, 3.63) is 0 Å². The third-order valence-corrected chi connectivity index (χ3v) is 4.06. The van der Waals surface area contributed by atoms with Gasteiger partial charge in [-0.1, -0.05) is 26.7 Å². The van der Waals surface area contributed by atoms with Crippen LogP contribution in [0.4, 0.5) is 0 Å². The van der Waals surface area contributed by atoms with Gasteiger partial charge in [0.15, 0.2) is 0 Å². The van der Waals surface area contributed by atoms with Crippen LogP contribution in [-0.2, 0) is 18.9 Å². The molecule has 118 valence electrons. The molecule has 0 aliphatic carbocycles. The molecule has 0 spiro atoms. The molecule has 0 bridgehead atoms. The van der Waals surface area contributed by atoms with Gasteiger partial charge in [-0.3, -0.25) is 0 Å². The molecule has 4 heteroatoms. The molecule has 2 rings (SSSR count). The molecular formula is C16H30O4. The van der Waals surface area contributed by atoms with Crippen molar-refractivity contribution in [1.29, 1.82) is 0 Å². The Morgan fingerprint density at radius 2 is 1.50 bits per heavy atom. The first-order valence-electron chi connectivity index (χ1n) is 8.20. The van der Waals surface area contributed by atoms with E-state index in [1.165, 1.54) is 25.7 Å². The highest BCUT2D eigenvalue weighted by Crippen LogP contribution is 2.22. The van der Waals surface area contributed by atoms with Crippen LogP contribution in [0.3, 0.4) is 0 Å².